The van der Waals surface area contributed by atoms with Gasteiger partial charge < -0.3 is 24.4 Å². The zero-order valence-electron chi connectivity index (χ0n) is 20.4. The van der Waals surface area contributed by atoms with Gasteiger partial charge in [0.2, 0.25) is 5.91 Å². The number of fused-ring (bicyclic) bond motifs is 2. The van der Waals surface area contributed by atoms with Gasteiger partial charge in [-0.25, -0.2) is 4.79 Å². The predicted molar refractivity (Wildman–Crippen MR) is 125 cm³/mol. The summed E-state index contributed by atoms with van der Waals surface area (Å²) >= 11 is 0. The Morgan fingerprint density at radius 3 is 2.79 bits per heavy atom. The average molecular weight is 474 g/mol. The van der Waals surface area contributed by atoms with Gasteiger partial charge in [-0.1, -0.05) is 29.8 Å². The molecule has 2 heterocycles. The summed E-state index contributed by atoms with van der Waals surface area (Å²) in [5.74, 6) is 0.318. The number of aliphatic hydroxyl groups is 1. The van der Waals surface area contributed by atoms with Gasteiger partial charge in [0.15, 0.2) is 0 Å². The maximum Gasteiger partial charge on any atom is 0.415 e. The lowest BCUT2D eigenvalue weighted by Gasteiger charge is -2.35. The first-order chi connectivity index (χ1) is 16.3. The van der Waals surface area contributed by atoms with Crippen LogP contribution in [0.2, 0.25) is 0 Å². The fourth-order valence-corrected chi connectivity index (χ4v) is 3.82. The van der Waals surface area contributed by atoms with E-state index in [1.807, 2.05) is 39.1 Å². The Balaban J connectivity index is 1.75. The van der Waals surface area contributed by atoms with E-state index in [9.17, 15) is 14.7 Å². The number of aromatic nitrogens is 3. The fraction of sp³-hybridized carbons (Fsp3) is 0.583. The standard InChI is InChI=1S/C24H35N5O5/c1-17-7-9-21(10-8-17)34-24(32)27(4)14-22-18(2)12-29(19(3)15-30)23(31)6-5-11-28-13-20(16-33-22)25-26-28/h7-10,13,18-19,22,30H,5-6,11-12,14-16H2,1-4H3/t18-,19+,22-/m1/s1. The van der Waals surface area contributed by atoms with Crippen molar-refractivity contribution in [3.05, 3.63) is 41.7 Å². The second kappa shape index (κ2) is 11.9. The van der Waals surface area contributed by atoms with Gasteiger partial charge in [0.25, 0.3) is 0 Å². The third kappa shape index (κ3) is 7.01. The van der Waals surface area contributed by atoms with Crippen molar-refractivity contribution in [2.24, 2.45) is 5.92 Å². The second-order valence-corrected chi connectivity index (χ2v) is 9.04. The molecule has 1 N–H and O–H groups in total. The number of nitrogens with zero attached hydrogens (tertiary/aromatic N) is 5. The topological polar surface area (TPSA) is 110 Å². The van der Waals surface area contributed by atoms with Crippen LogP contribution in [-0.2, 0) is 22.7 Å². The molecule has 3 rings (SSSR count). The van der Waals surface area contributed by atoms with Crippen LogP contribution in [0.25, 0.3) is 0 Å². The number of amides is 2. The normalized spacial score (nSPS) is 20.6. The smallest absolute Gasteiger partial charge is 0.410 e. The number of benzene rings is 1. The quantitative estimate of drug-likeness (QED) is 0.709. The molecule has 0 radical (unpaired) electrons. The van der Waals surface area contributed by atoms with Crippen molar-refractivity contribution < 1.29 is 24.2 Å². The number of hydrogen-bond donors (Lipinski definition) is 1. The number of likely N-dealkylation sites (N-methyl/N-ethyl adjacent to an activating group) is 1. The van der Waals surface area contributed by atoms with E-state index >= 15 is 0 Å². The highest BCUT2D eigenvalue weighted by Gasteiger charge is 2.29. The number of hydrogen-bond acceptors (Lipinski definition) is 7. The van der Waals surface area contributed by atoms with Crippen molar-refractivity contribution in [2.75, 3.05) is 26.7 Å². The average Bonchev–Trinajstić information content (AvgIpc) is 3.27. The van der Waals surface area contributed by atoms with E-state index in [1.54, 1.807) is 28.8 Å². The summed E-state index contributed by atoms with van der Waals surface area (Å²) < 4.78 is 13.4. The van der Waals surface area contributed by atoms with Crippen LogP contribution in [-0.4, -0.2) is 80.8 Å². The molecule has 0 unspecified atom stereocenters. The number of ether oxygens (including phenoxy) is 2. The molecule has 2 aromatic rings. The van der Waals surface area contributed by atoms with Crippen LogP contribution in [0.1, 0.15) is 37.9 Å². The molecule has 3 atom stereocenters. The van der Waals surface area contributed by atoms with Gasteiger partial charge in [-0.2, -0.15) is 0 Å². The molecule has 1 aliphatic rings. The van der Waals surface area contributed by atoms with Gasteiger partial charge in [-0.15, -0.1) is 5.10 Å². The molecule has 1 aromatic carbocycles. The molecule has 1 aromatic heterocycles. The zero-order chi connectivity index (χ0) is 24.7. The molecular weight excluding hydrogens is 438 g/mol. The van der Waals surface area contributed by atoms with E-state index in [4.69, 9.17) is 9.47 Å². The lowest BCUT2D eigenvalue weighted by atomic mass is 10.0. The van der Waals surface area contributed by atoms with E-state index in [0.29, 0.717) is 37.4 Å². The largest absolute Gasteiger partial charge is 0.415 e. The number of aryl methyl sites for hydroxylation is 2. The first-order valence-corrected chi connectivity index (χ1v) is 11.7. The molecule has 1 aliphatic heterocycles. The molecule has 10 heteroatoms. The fourth-order valence-electron chi connectivity index (χ4n) is 3.82. The Kier molecular flexibility index (Phi) is 9.00. The van der Waals surface area contributed by atoms with E-state index < -0.39 is 12.2 Å². The van der Waals surface area contributed by atoms with E-state index in [0.717, 1.165) is 5.56 Å². The van der Waals surface area contributed by atoms with Crippen LogP contribution >= 0.6 is 0 Å². The van der Waals surface area contributed by atoms with Crippen molar-refractivity contribution in [3.8, 4) is 5.75 Å². The van der Waals surface area contributed by atoms with Gasteiger partial charge in [0, 0.05) is 32.5 Å². The Bertz CT molecular complexity index is 947. The number of carbonyl (C=O) groups is 2. The molecule has 34 heavy (non-hydrogen) atoms. The highest BCUT2D eigenvalue weighted by atomic mass is 16.6. The highest BCUT2D eigenvalue weighted by Crippen LogP contribution is 2.18. The van der Waals surface area contributed by atoms with Crippen LogP contribution < -0.4 is 4.74 Å². The van der Waals surface area contributed by atoms with Crippen LogP contribution in [0.5, 0.6) is 5.75 Å². The van der Waals surface area contributed by atoms with Gasteiger partial charge in [-0.05, 0) is 32.4 Å². The van der Waals surface area contributed by atoms with Crippen molar-refractivity contribution in [1.29, 1.82) is 0 Å². The monoisotopic (exact) mass is 473 g/mol. The molecule has 0 aliphatic carbocycles. The minimum absolute atomic E-state index is 0.0288. The maximum atomic E-state index is 12.9. The van der Waals surface area contributed by atoms with Gasteiger partial charge in [-0.3, -0.25) is 9.48 Å². The maximum absolute atomic E-state index is 12.9. The minimum Gasteiger partial charge on any atom is -0.410 e. The van der Waals surface area contributed by atoms with Gasteiger partial charge >= 0.3 is 6.09 Å². The van der Waals surface area contributed by atoms with E-state index in [1.165, 1.54) is 4.90 Å². The van der Waals surface area contributed by atoms with Crippen molar-refractivity contribution in [1.82, 2.24) is 24.8 Å². The number of carbonyl (C=O) groups excluding carboxylic acids is 2. The second-order valence-electron chi connectivity index (χ2n) is 9.04. The van der Waals surface area contributed by atoms with Crippen LogP contribution in [0.4, 0.5) is 4.79 Å². The lowest BCUT2D eigenvalue weighted by Crippen LogP contribution is -2.48. The molecule has 0 saturated carbocycles. The predicted octanol–water partition coefficient (Wildman–Crippen LogP) is 2.24. The summed E-state index contributed by atoms with van der Waals surface area (Å²) in [6.45, 7) is 7.11. The zero-order valence-corrected chi connectivity index (χ0v) is 20.4. The van der Waals surface area contributed by atoms with Crippen molar-refractivity contribution >= 4 is 12.0 Å². The summed E-state index contributed by atoms with van der Waals surface area (Å²) in [6, 6.07) is 6.95. The van der Waals surface area contributed by atoms with Crippen LogP contribution in [0.3, 0.4) is 0 Å². The van der Waals surface area contributed by atoms with E-state index in [2.05, 4.69) is 10.3 Å². The SMILES string of the molecule is Cc1ccc(OC(=O)N(C)C[C@H]2OCc3cn(nn3)CCCC(=O)N([C@@H](C)CO)C[C@H]2C)cc1. The first-order valence-electron chi connectivity index (χ1n) is 11.7. The summed E-state index contributed by atoms with van der Waals surface area (Å²) in [5, 5.41) is 18.0. The molecular formula is C24H35N5O5. The minimum atomic E-state index is -0.495. The first kappa shape index (κ1) is 25.6. The van der Waals surface area contributed by atoms with Crippen LogP contribution in [0, 0.1) is 12.8 Å². The lowest BCUT2D eigenvalue weighted by molar-refractivity contribution is -0.136. The molecule has 10 nitrogen and oxygen atoms in total. The Morgan fingerprint density at radius 2 is 2.09 bits per heavy atom. The highest BCUT2D eigenvalue weighted by molar-refractivity contribution is 5.76. The molecule has 0 saturated heterocycles. The number of aliphatic hydroxyl groups excluding tert-OH is 1. The Hall–Kier alpha value is -2.98. The third-order valence-electron chi connectivity index (χ3n) is 6.04. The van der Waals surface area contributed by atoms with E-state index in [-0.39, 0.29) is 37.6 Å². The molecule has 0 spiro atoms. The van der Waals surface area contributed by atoms with Crippen molar-refractivity contribution in [3.63, 3.8) is 0 Å². The molecule has 0 fully saturated rings. The summed E-state index contributed by atoms with van der Waals surface area (Å²) in [5.41, 5.74) is 1.76. The van der Waals surface area contributed by atoms with Gasteiger partial charge in [0.1, 0.15) is 11.4 Å². The molecule has 186 valence electrons. The Morgan fingerprint density at radius 1 is 1.35 bits per heavy atom. The summed E-state index contributed by atoms with van der Waals surface area (Å²) in [7, 11) is 1.66. The molecule has 2 bridgehead atoms. The summed E-state index contributed by atoms with van der Waals surface area (Å²) in [6.07, 6.45) is 1.89. The number of rotatable bonds is 5. The van der Waals surface area contributed by atoms with Crippen LogP contribution in [0.15, 0.2) is 30.5 Å². The summed E-state index contributed by atoms with van der Waals surface area (Å²) in [4.78, 5) is 28.8. The Labute approximate surface area is 200 Å². The van der Waals surface area contributed by atoms with Gasteiger partial charge in [0.05, 0.1) is 38.1 Å². The molecule has 2 amide bonds. The third-order valence-corrected chi connectivity index (χ3v) is 6.04. The van der Waals surface area contributed by atoms with Crippen molar-refractivity contribution in [2.45, 2.75) is 58.9 Å².